The van der Waals surface area contributed by atoms with Crippen molar-refractivity contribution < 1.29 is 14.7 Å². The van der Waals surface area contributed by atoms with Crippen molar-refractivity contribution >= 4 is 57.7 Å². The SMILES string of the molecule is Cc1cccn2c(=O)c(/C=C3/SC(=S)N(CC(=O)O)C3=O)c(N3CC(C)CC(C)C3)nc12. The lowest BCUT2D eigenvalue weighted by atomic mass is 9.91. The number of carboxylic acids is 1. The Morgan fingerprint density at radius 1 is 1.31 bits per heavy atom. The Labute approximate surface area is 194 Å². The molecule has 32 heavy (non-hydrogen) atoms. The van der Waals surface area contributed by atoms with Crippen LogP contribution in [-0.4, -0.2) is 55.2 Å². The van der Waals surface area contributed by atoms with Crippen LogP contribution in [0, 0.1) is 18.8 Å². The molecule has 0 aliphatic carbocycles. The van der Waals surface area contributed by atoms with Crippen molar-refractivity contribution in [2.45, 2.75) is 27.2 Å². The number of hydrogen-bond acceptors (Lipinski definition) is 7. The molecule has 0 radical (unpaired) electrons. The Balaban J connectivity index is 1.88. The molecule has 1 amide bonds. The van der Waals surface area contributed by atoms with Crippen LogP contribution in [0.15, 0.2) is 28.0 Å². The Morgan fingerprint density at radius 3 is 2.66 bits per heavy atom. The first-order valence-corrected chi connectivity index (χ1v) is 11.6. The van der Waals surface area contributed by atoms with Gasteiger partial charge in [0, 0.05) is 19.3 Å². The number of aryl methyl sites for hydroxylation is 1. The molecule has 2 aliphatic heterocycles. The van der Waals surface area contributed by atoms with Gasteiger partial charge in [-0.1, -0.05) is 43.9 Å². The highest BCUT2D eigenvalue weighted by Gasteiger charge is 2.34. The molecule has 0 spiro atoms. The highest BCUT2D eigenvalue weighted by Crippen LogP contribution is 2.34. The lowest BCUT2D eigenvalue weighted by Crippen LogP contribution is -2.40. The van der Waals surface area contributed by atoms with Crippen molar-refractivity contribution in [3.63, 3.8) is 0 Å². The van der Waals surface area contributed by atoms with Crippen molar-refractivity contribution in [3.8, 4) is 0 Å². The van der Waals surface area contributed by atoms with Gasteiger partial charge in [0.15, 0.2) is 0 Å². The number of fused-ring (bicyclic) bond motifs is 1. The van der Waals surface area contributed by atoms with E-state index < -0.39 is 18.4 Å². The standard InChI is InChI=1S/C22H24N4O4S2/c1-12-7-13(2)10-24(9-12)19-15(20(29)25-6-4-5-14(3)18(25)23-19)8-16-21(30)26(11-17(27)28)22(31)32-16/h4-6,8,12-13H,7,9-11H2,1-3H3,(H,27,28)/b16-8+. The number of carbonyl (C=O) groups is 2. The summed E-state index contributed by atoms with van der Waals surface area (Å²) >= 11 is 6.20. The Hall–Kier alpha value is -2.72. The molecule has 2 aromatic rings. The first kappa shape index (κ1) is 22.5. The number of aliphatic carboxylic acids is 1. The predicted octanol–water partition coefficient (Wildman–Crippen LogP) is 2.77. The van der Waals surface area contributed by atoms with E-state index in [0.717, 1.165) is 41.7 Å². The maximum absolute atomic E-state index is 13.5. The molecule has 4 rings (SSSR count). The van der Waals surface area contributed by atoms with Crippen LogP contribution in [0.1, 0.15) is 31.4 Å². The topological polar surface area (TPSA) is 95.2 Å². The van der Waals surface area contributed by atoms with E-state index in [1.165, 1.54) is 10.5 Å². The minimum Gasteiger partial charge on any atom is -0.480 e. The Kier molecular flexibility index (Phi) is 6.09. The highest BCUT2D eigenvalue weighted by molar-refractivity contribution is 8.26. The summed E-state index contributed by atoms with van der Waals surface area (Å²) in [7, 11) is 0. The van der Waals surface area contributed by atoms with Crippen LogP contribution in [0.4, 0.5) is 5.82 Å². The summed E-state index contributed by atoms with van der Waals surface area (Å²) in [6.07, 6.45) is 4.28. The molecule has 2 aliphatic rings. The van der Waals surface area contributed by atoms with Gasteiger partial charge in [-0.15, -0.1) is 0 Å². The van der Waals surface area contributed by atoms with Crippen LogP contribution < -0.4 is 10.5 Å². The van der Waals surface area contributed by atoms with Crippen LogP contribution in [0.3, 0.4) is 0 Å². The number of thioether (sulfide) groups is 1. The van der Waals surface area contributed by atoms with E-state index in [1.807, 2.05) is 13.0 Å². The highest BCUT2D eigenvalue weighted by atomic mass is 32.2. The summed E-state index contributed by atoms with van der Waals surface area (Å²) in [4.78, 5) is 45.7. The lowest BCUT2D eigenvalue weighted by Gasteiger charge is -2.36. The quantitative estimate of drug-likeness (QED) is 0.536. The van der Waals surface area contributed by atoms with Gasteiger partial charge in [-0.3, -0.25) is 23.7 Å². The van der Waals surface area contributed by atoms with E-state index in [2.05, 4.69) is 18.7 Å². The third kappa shape index (κ3) is 4.16. The lowest BCUT2D eigenvalue weighted by molar-refractivity contribution is -0.140. The fourth-order valence-corrected chi connectivity index (χ4v) is 5.64. The summed E-state index contributed by atoms with van der Waals surface area (Å²) in [6, 6.07) is 3.69. The number of rotatable bonds is 4. The summed E-state index contributed by atoms with van der Waals surface area (Å²) in [5.41, 5.74) is 1.49. The number of piperidine rings is 1. The molecule has 0 saturated carbocycles. The van der Waals surface area contributed by atoms with E-state index in [9.17, 15) is 14.4 Å². The van der Waals surface area contributed by atoms with Crippen LogP contribution >= 0.6 is 24.0 Å². The molecule has 4 heterocycles. The van der Waals surface area contributed by atoms with E-state index in [0.29, 0.717) is 28.9 Å². The van der Waals surface area contributed by atoms with Crippen molar-refractivity contribution in [2.24, 2.45) is 11.8 Å². The zero-order valence-corrected chi connectivity index (χ0v) is 19.7. The first-order valence-electron chi connectivity index (χ1n) is 10.4. The maximum Gasteiger partial charge on any atom is 0.323 e. The monoisotopic (exact) mass is 472 g/mol. The van der Waals surface area contributed by atoms with Crippen LogP contribution in [0.5, 0.6) is 0 Å². The second kappa shape index (κ2) is 8.67. The molecule has 2 atom stereocenters. The van der Waals surface area contributed by atoms with Gasteiger partial charge in [-0.05, 0) is 42.9 Å². The molecule has 0 aromatic carbocycles. The number of aromatic nitrogens is 2. The van der Waals surface area contributed by atoms with Crippen molar-refractivity contribution in [3.05, 3.63) is 44.7 Å². The van der Waals surface area contributed by atoms with Gasteiger partial charge in [-0.25, -0.2) is 4.98 Å². The van der Waals surface area contributed by atoms with Crippen molar-refractivity contribution in [2.75, 3.05) is 24.5 Å². The van der Waals surface area contributed by atoms with Crippen molar-refractivity contribution in [1.82, 2.24) is 14.3 Å². The molecule has 2 unspecified atom stereocenters. The molecule has 168 valence electrons. The Morgan fingerprint density at radius 2 is 2.00 bits per heavy atom. The maximum atomic E-state index is 13.5. The molecule has 10 heteroatoms. The zero-order valence-electron chi connectivity index (χ0n) is 18.1. The number of amides is 1. The number of carboxylic acid groups (broad SMARTS) is 1. The number of thiocarbonyl (C=S) groups is 1. The number of carbonyl (C=O) groups excluding carboxylic acids is 1. The van der Waals surface area contributed by atoms with Gasteiger partial charge in [0.2, 0.25) is 0 Å². The fourth-order valence-electron chi connectivity index (χ4n) is 4.41. The number of nitrogens with zero attached hydrogens (tertiary/aromatic N) is 4. The normalized spacial score (nSPS) is 22.9. The third-order valence-electron chi connectivity index (χ3n) is 5.67. The van der Waals surface area contributed by atoms with Gasteiger partial charge < -0.3 is 10.0 Å². The van der Waals surface area contributed by atoms with Crippen LogP contribution in [0.2, 0.25) is 0 Å². The minimum absolute atomic E-state index is 0.162. The molecular formula is C22H24N4O4S2. The largest absolute Gasteiger partial charge is 0.480 e. The van der Waals surface area contributed by atoms with E-state index in [4.69, 9.17) is 22.3 Å². The average Bonchev–Trinajstić information content (AvgIpc) is 2.96. The minimum atomic E-state index is -1.15. The second-order valence-electron chi connectivity index (χ2n) is 8.55. The van der Waals surface area contributed by atoms with Gasteiger partial charge in [0.25, 0.3) is 11.5 Å². The van der Waals surface area contributed by atoms with Gasteiger partial charge in [0.1, 0.15) is 22.3 Å². The predicted molar refractivity (Wildman–Crippen MR) is 129 cm³/mol. The van der Waals surface area contributed by atoms with Crippen LogP contribution in [-0.2, 0) is 9.59 Å². The van der Waals surface area contributed by atoms with Gasteiger partial charge >= 0.3 is 5.97 Å². The van der Waals surface area contributed by atoms with Crippen LogP contribution in [0.25, 0.3) is 11.7 Å². The van der Waals surface area contributed by atoms with E-state index in [1.54, 1.807) is 12.3 Å². The smallest absolute Gasteiger partial charge is 0.323 e. The third-order valence-corrected chi connectivity index (χ3v) is 7.05. The molecule has 2 fully saturated rings. The number of pyridine rings is 1. The molecule has 2 saturated heterocycles. The zero-order chi connectivity index (χ0) is 23.2. The number of hydrogen-bond donors (Lipinski definition) is 1. The summed E-state index contributed by atoms with van der Waals surface area (Å²) in [6.45, 7) is 7.28. The summed E-state index contributed by atoms with van der Waals surface area (Å²) in [5.74, 6) is -0.230. The number of anilines is 1. The summed E-state index contributed by atoms with van der Waals surface area (Å²) < 4.78 is 1.65. The fraction of sp³-hybridized carbons (Fsp3) is 0.409. The molecule has 0 bridgehead atoms. The van der Waals surface area contributed by atoms with Gasteiger partial charge in [0.05, 0.1) is 10.5 Å². The molecular weight excluding hydrogens is 448 g/mol. The first-order chi connectivity index (χ1) is 15.2. The molecule has 2 aromatic heterocycles. The molecule has 1 N–H and O–H groups in total. The summed E-state index contributed by atoms with van der Waals surface area (Å²) in [5, 5.41) is 9.09. The van der Waals surface area contributed by atoms with Crippen molar-refractivity contribution in [1.29, 1.82) is 0 Å². The van der Waals surface area contributed by atoms with E-state index in [-0.39, 0.29) is 14.8 Å². The molecule has 8 nitrogen and oxygen atoms in total. The Bertz CT molecular complexity index is 1210. The van der Waals surface area contributed by atoms with E-state index >= 15 is 0 Å². The second-order valence-corrected chi connectivity index (χ2v) is 10.2. The average molecular weight is 473 g/mol. The van der Waals surface area contributed by atoms with Gasteiger partial charge in [-0.2, -0.15) is 0 Å².